The molecule has 0 heterocycles. The van der Waals surface area contributed by atoms with E-state index in [1.807, 2.05) is 6.92 Å². The zero-order chi connectivity index (χ0) is 13.8. The first-order valence-corrected chi connectivity index (χ1v) is 8.21. The molecule has 1 rings (SSSR count). The van der Waals surface area contributed by atoms with E-state index in [2.05, 4.69) is 11.4 Å². The van der Waals surface area contributed by atoms with Crippen LogP contribution in [-0.2, 0) is 9.84 Å². The van der Waals surface area contributed by atoms with E-state index in [9.17, 15) is 8.42 Å². The first-order chi connectivity index (χ1) is 8.30. The zero-order valence-corrected chi connectivity index (χ0v) is 12.2. The highest BCUT2D eigenvalue weighted by atomic mass is 32.2. The van der Waals surface area contributed by atoms with Gasteiger partial charge in [0.05, 0.1) is 11.0 Å². The van der Waals surface area contributed by atoms with Crippen molar-refractivity contribution in [2.45, 2.75) is 22.3 Å². The fraction of sp³-hybridized carbons (Fsp3) is 0.417. The maximum Gasteiger partial charge on any atom is 0.175 e. The number of hydrogen-bond donors (Lipinski definition) is 1. The second-order valence-electron chi connectivity index (χ2n) is 4.23. The van der Waals surface area contributed by atoms with Gasteiger partial charge in [-0.25, -0.2) is 8.42 Å². The molecule has 0 saturated carbocycles. The maximum atomic E-state index is 11.3. The van der Waals surface area contributed by atoms with Crippen LogP contribution in [0.3, 0.4) is 0 Å². The first kappa shape index (κ1) is 15.0. The van der Waals surface area contributed by atoms with Gasteiger partial charge in [0.2, 0.25) is 0 Å². The molecule has 0 bridgehead atoms. The summed E-state index contributed by atoms with van der Waals surface area (Å²) in [7, 11) is -1.40. The molecule has 1 aromatic carbocycles. The predicted octanol–water partition coefficient (Wildman–Crippen LogP) is 1.68. The van der Waals surface area contributed by atoms with E-state index in [0.29, 0.717) is 10.6 Å². The number of nitriles is 1. The summed E-state index contributed by atoms with van der Waals surface area (Å²) >= 11 is 1.52. The molecule has 0 aliphatic rings. The molecule has 18 heavy (non-hydrogen) atoms. The molecule has 0 amide bonds. The van der Waals surface area contributed by atoms with Crippen molar-refractivity contribution in [3.05, 3.63) is 24.3 Å². The lowest BCUT2D eigenvalue weighted by atomic mass is 10.1. The molecule has 0 saturated heterocycles. The molecule has 1 unspecified atom stereocenters. The quantitative estimate of drug-likeness (QED) is 0.833. The molecule has 0 radical (unpaired) electrons. The van der Waals surface area contributed by atoms with Gasteiger partial charge >= 0.3 is 0 Å². The van der Waals surface area contributed by atoms with Crippen molar-refractivity contribution in [3.63, 3.8) is 0 Å². The third-order valence-corrected chi connectivity index (χ3v) is 5.03. The predicted molar refractivity (Wildman–Crippen MR) is 73.4 cm³/mol. The molecule has 0 spiro atoms. The highest BCUT2D eigenvalue weighted by molar-refractivity contribution is 7.99. The Hall–Kier alpha value is -1.03. The summed E-state index contributed by atoms with van der Waals surface area (Å²) in [5, 5.41) is 12.0. The second-order valence-corrected chi connectivity index (χ2v) is 7.29. The van der Waals surface area contributed by atoms with Crippen LogP contribution in [0.25, 0.3) is 0 Å². The van der Waals surface area contributed by atoms with Gasteiger partial charge in [-0.15, -0.1) is 11.8 Å². The van der Waals surface area contributed by atoms with Crippen molar-refractivity contribution >= 4 is 21.6 Å². The normalized spacial score (nSPS) is 14.8. The molecular weight excluding hydrogens is 268 g/mol. The van der Waals surface area contributed by atoms with Crippen LogP contribution in [0, 0.1) is 11.3 Å². The summed E-state index contributed by atoms with van der Waals surface area (Å²) in [6.07, 6.45) is 1.18. The van der Waals surface area contributed by atoms with Gasteiger partial charge in [-0.1, -0.05) is 0 Å². The molecule has 1 aromatic rings. The topological polar surface area (TPSA) is 70.0 Å². The summed E-state index contributed by atoms with van der Waals surface area (Å²) in [5.41, 5.74) is -0.583. The second kappa shape index (κ2) is 5.74. The summed E-state index contributed by atoms with van der Waals surface area (Å²) < 4.78 is 22.6. The van der Waals surface area contributed by atoms with E-state index in [1.165, 1.54) is 18.0 Å². The van der Waals surface area contributed by atoms with E-state index in [4.69, 9.17) is 5.26 Å². The van der Waals surface area contributed by atoms with Gasteiger partial charge in [-0.2, -0.15) is 5.26 Å². The van der Waals surface area contributed by atoms with Crippen LogP contribution < -0.4 is 5.32 Å². The average molecular weight is 284 g/mol. The van der Waals surface area contributed by atoms with Crippen LogP contribution in [0.5, 0.6) is 0 Å². The van der Waals surface area contributed by atoms with Crippen LogP contribution in [0.2, 0.25) is 0 Å². The van der Waals surface area contributed by atoms with Crippen molar-refractivity contribution in [3.8, 4) is 6.07 Å². The highest BCUT2D eigenvalue weighted by Gasteiger charge is 2.21. The number of rotatable bonds is 5. The third-order valence-electron chi connectivity index (χ3n) is 2.58. The number of nitrogens with zero attached hydrogens (tertiary/aromatic N) is 1. The molecule has 0 aliphatic carbocycles. The Morgan fingerprint density at radius 2 is 1.94 bits per heavy atom. The molecule has 4 nitrogen and oxygen atoms in total. The molecule has 1 atom stereocenters. The van der Waals surface area contributed by atoms with E-state index in [-0.39, 0.29) is 0 Å². The van der Waals surface area contributed by atoms with Gasteiger partial charge in [-0.05, 0) is 38.2 Å². The van der Waals surface area contributed by atoms with Crippen LogP contribution in [0.1, 0.15) is 6.92 Å². The number of hydrogen-bond acceptors (Lipinski definition) is 5. The SMILES string of the molecule is CNC(C)(C#N)CSc1ccc(S(C)(=O)=O)cc1. The van der Waals surface area contributed by atoms with Gasteiger partial charge in [0, 0.05) is 16.9 Å². The number of benzene rings is 1. The van der Waals surface area contributed by atoms with Crippen LogP contribution in [0.4, 0.5) is 0 Å². The monoisotopic (exact) mass is 284 g/mol. The Morgan fingerprint density at radius 1 is 1.39 bits per heavy atom. The zero-order valence-electron chi connectivity index (χ0n) is 10.6. The Bertz CT molecular complexity index is 546. The average Bonchev–Trinajstić information content (AvgIpc) is 2.35. The number of nitrogens with one attached hydrogen (secondary N) is 1. The van der Waals surface area contributed by atoms with Crippen molar-refractivity contribution in [1.29, 1.82) is 5.26 Å². The molecule has 0 aliphatic heterocycles. The third kappa shape index (κ3) is 4.02. The van der Waals surface area contributed by atoms with Crippen LogP contribution in [0.15, 0.2) is 34.1 Å². The Morgan fingerprint density at radius 3 is 2.33 bits per heavy atom. The fourth-order valence-electron chi connectivity index (χ4n) is 1.17. The fourth-order valence-corrected chi connectivity index (χ4v) is 2.79. The van der Waals surface area contributed by atoms with Crippen LogP contribution in [-0.4, -0.2) is 33.0 Å². The van der Waals surface area contributed by atoms with E-state index < -0.39 is 15.4 Å². The van der Waals surface area contributed by atoms with Crippen molar-refractivity contribution in [2.24, 2.45) is 0 Å². The lowest BCUT2D eigenvalue weighted by Gasteiger charge is -2.19. The lowest BCUT2D eigenvalue weighted by Crippen LogP contribution is -2.40. The van der Waals surface area contributed by atoms with E-state index in [0.717, 1.165) is 4.90 Å². The minimum absolute atomic E-state index is 0.309. The maximum absolute atomic E-state index is 11.3. The Labute approximate surface area is 112 Å². The summed E-state index contributed by atoms with van der Waals surface area (Å²) in [5.74, 6) is 0.595. The molecule has 98 valence electrons. The molecule has 6 heteroatoms. The molecule has 1 N–H and O–H groups in total. The van der Waals surface area contributed by atoms with E-state index in [1.54, 1.807) is 31.3 Å². The summed E-state index contributed by atoms with van der Waals surface area (Å²) in [4.78, 5) is 1.25. The first-order valence-electron chi connectivity index (χ1n) is 5.34. The van der Waals surface area contributed by atoms with Gasteiger partial charge < -0.3 is 5.32 Å². The summed E-state index contributed by atoms with van der Waals surface area (Å²) in [6.45, 7) is 1.82. The lowest BCUT2D eigenvalue weighted by molar-refractivity contribution is 0.550. The van der Waals surface area contributed by atoms with E-state index >= 15 is 0 Å². The standard InChI is InChI=1S/C12H16N2O2S2/c1-12(8-13,14-2)9-17-10-4-6-11(7-5-10)18(3,15)16/h4-7,14H,9H2,1-3H3. The Kier molecular flexibility index (Phi) is 4.79. The van der Waals surface area contributed by atoms with Gasteiger partial charge in [0.1, 0.15) is 5.54 Å². The minimum atomic E-state index is -3.15. The number of thioether (sulfide) groups is 1. The van der Waals surface area contributed by atoms with Crippen molar-refractivity contribution in [1.82, 2.24) is 5.32 Å². The molecule has 0 aromatic heterocycles. The van der Waals surface area contributed by atoms with Gasteiger partial charge in [0.15, 0.2) is 9.84 Å². The highest BCUT2D eigenvalue weighted by Crippen LogP contribution is 2.23. The van der Waals surface area contributed by atoms with Gasteiger partial charge in [-0.3, -0.25) is 0 Å². The smallest absolute Gasteiger partial charge is 0.175 e. The summed E-state index contributed by atoms with van der Waals surface area (Å²) in [6, 6.07) is 8.89. The number of sulfone groups is 1. The van der Waals surface area contributed by atoms with Crippen molar-refractivity contribution < 1.29 is 8.42 Å². The molecular formula is C12H16N2O2S2. The minimum Gasteiger partial charge on any atom is -0.302 e. The Balaban J connectivity index is 2.75. The largest absolute Gasteiger partial charge is 0.302 e. The molecule has 0 fully saturated rings. The van der Waals surface area contributed by atoms with Crippen molar-refractivity contribution in [2.75, 3.05) is 19.1 Å². The van der Waals surface area contributed by atoms with Gasteiger partial charge in [0.25, 0.3) is 0 Å². The van der Waals surface area contributed by atoms with Crippen LogP contribution >= 0.6 is 11.8 Å².